The van der Waals surface area contributed by atoms with Crippen molar-refractivity contribution < 1.29 is 9.59 Å². The van der Waals surface area contributed by atoms with Gasteiger partial charge in [-0.3, -0.25) is 9.59 Å². The van der Waals surface area contributed by atoms with Crippen molar-refractivity contribution >= 4 is 11.8 Å². The zero-order chi connectivity index (χ0) is 14.4. The third kappa shape index (κ3) is 4.20. The second-order valence-electron chi connectivity index (χ2n) is 6.11. The van der Waals surface area contributed by atoms with Crippen molar-refractivity contribution in [1.82, 2.24) is 10.2 Å². The van der Waals surface area contributed by atoms with Gasteiger partial charge in [0, 0.05) is 19.0 Å². The second-order valence-corrected chi connectivity index (χ2v) is 6.11. The molecule has 0 radical (unpaired) electrons. The summed E-state index contributed by atoms with van der Waals surface area (Å²) >= 11 is 0. The van der Waals surface area contributed by atoms with Crippen LogP contribution in [0.3, 0.4) is 0 Å². The minimum absolute atomic E-state index is 0.0549. The zero-order valence-corrected chi connectivity index (χ0v) is 12.3. The van der Waals surface area contributed by atoms with E-state index in [1.807, 2.05) is 4.90 Å². The molecule has 5 heteroatoms. The number of likely N-dealkylation sites (tertiary alicyclic amines) is 1. The van der Waals surface area contributed by atoms with E-state index < -0.39 is 0 Å². The topological polar surface area (TPSA) is 75.4 Å². The lowest BCUT2D eigenvalue weighted by Gasteiger charge is -2.28. The molecular formula is C15H27N3O2. The van der Waals surface area contributed by atoms with Gasteiger partial charge in [0.2, 0.25) is 11.8 Å². The molecule has 1 heterocycles. The maximum atomic E-state index is 12.2. The van der Waals surface area contributed by atoms with Crippen molar-refractivity contribution in [2.45, 2.75) is 44.9 Å². The highest BCUT2D eigenvalue weighted by Gasteiger charge is 2.27. The lowest BCUT2D eigenvalue weighted by Crippen LogP contribution is -2.41. The molecule has 0 aromatic rings. The van der Waals surface area contributed by atoms with Crippen LogP contribution in [0.25, 0.3) is 0 Å². The van der Waals surface area contributed by atoms with Crippen LogP contribution in [0.1, 0.15) is 44.9 Å². The van der Waals surface area contributed by atoms with Gasteiger partial charge in [-0.15, -0.1) is 0 Å². The minimum Gasteiger partial charge on any atom is -0.347 e. The second kappa shape index (κ2) is 7.62. The van der Waals surface area contributed by atoms with Gasteiger partial charge in [-0.05, 0) is 44.6 Å². The lowest BCUT2D eigenvalue weighted by molar-refractivity contribution is -0.133. The van der Waals surface area contributed by atoms with Crippen LogP contribution in [0.5, 0.6) is 0 Å². The number of rotatable bonds is 5. The van der Waals surface area contributed by atoms with E-state index in [-0.39, 0.29) is 24.3 Å². The number of hydrogen-bond acceptors (Lipinski definition) is 3. The summed E-state index contributed by atoms with van der Waals surface area (Å²) in [5, 5.41) is 2.83. The predicted octanol–water partition coefficient (Wildman–Crippen LogP) is 0.880. The van der Waals surface area contributed by atoms with Gasteiger partial charge >= 0.3 is 0 Å². The van der Waals surface area contributed by atoms with Gasteiger partial charge in [0.25, 0.3) is 0 Å². The first-order chi connectivity index (χ1) is 9.70. The van der Waals surface area contributed by atoms with E-state index in [1.54, 1.807) is 0 Å². The lowest BCUT2D eigenvalue weighted by atomic mass is 9.79. The third-order valence-electron chi connectivity index (χ3n) is 4.60. The first kappa shape index (κ1) is 15.3. The SMILES string of the molecule is NCCC1CCCC(C(=O)NCC(=O)N2CCCC2)C1. The van der Waals surface area contributed by atoms with Gasteiger partial charge < -0.3 is 16.0 Å². The highest BCUT2D eigenvalue weighted by molar-refractivity contribution is 5.86. The van der Waals surface area contributed by atoms with E-state index in [1.165, 1.54) is 6.42 Å². The normalized spacial score (nSPS) is 26.6. The molecular weight excluding hydrogens is 254 g/mol. The molecule has 5 nitrogen and oxygen atoms in total. The molecule has 1 saturated carbocycles. The molecule has 3 N–H and O–H groups in total. The Morgan fingerprint density at radius 3 is 2.60 bits per heavy atom. The van der Waals surface area contributed by atoms with E-state index in [0.717, 1.165) is 51.6 Å². The first-order valence-electron chi connectivity index (χ1n) is 7.96. The Balaban J connectivity index is 1.72. The molecule has 0 spiro atoms. The summed E-state index contributed by atoms with van der Waals surface area (Å²) in [5.41, 5.74) is 5.60. The van der Waals surface area contributed by atoms with Crippen LogP contribution in [0, 0.1) is 11.8 Å². The molecule has 0 aromatic heterocycles. The molecule has 114 valence electrons. The standard InChI is InChI=1S/C15H27N3O2/c16-7-6-12-4-3-5-13(10-12)15(20)17-11-14(19)18-8-1-2-9-18/h12-13H,1-11,16H2,(H,17,20). The van der Waals surface area contributed by atoms with Crippen molar-refractivity contribution in [1.29, 1.82) is 0 Å². The molecule has 2 atom stereocenters. The van der Waals surface area contributed by atoms with Gasteiger partial charge in [0.15, 0.2) is 0 Å². The molecule has 0 aromatic carbocycles. The van der Waals surface area contributed by atoms with Crippen molar-refractivity contribution in [2.24, 2.45) is 17.6 Å². The Morgan fingerprint density at radius 2 is 1.90 bits per heavy atom. The average molecular weight is 281 g/mol. The molecule has 1 aliphatic carbocycles. The highest BCUT2D eigenvalue weighted by atomic mass is 16.2. The molecule has 1 aliphatic heterocycles. The fraction of sp³-hybridized carbons (Fsp3) is 0.867. The van der Waals surface area contributed by atoms with Crippen LogP contribution < -0.4 is 11.1 Å². The number of nitrogens with zero attached hydrogens (tertiary/aromatic N) is 1. The summed E-state index contributed by atoms with van der Waals surface area (Å²) < 4.78 is 0. The molecule has 2 rings (SSSR count). The fourth-order valence-corrected chi connectivity index (χ4v) is 3.41. The van der Waals surface area contributed by atoms with Crippen molar-refractivity contribution in [3.8, 4) is 0 Å². The number of amides is 2. The minimum atomic E-state index is 0.0549. The van der Waals surface area contributed by atoms with Gasteiger partial charge in [-0.25, -0.2) is 0 Å². The Labute approximate surface area is 121 Å². The van der Waals surface area contributed by atoms with E-state index in [2.05, 4.69) is 5.32 Å². The van der Waals surface area contributed by atoms with E-state index in [4.69, 9.17) is 5.73 Å². The van der Waals surface area contributed by atoms with Gasteiger partial charge in [-0.2, -0.15) is 0 Å². The molecule has 20 heavy (non-hydrogen) atoms. The summed E-state index contributed by atoms with van der Waals surface area (Å²) in [6.07, 6.45) is 7.35. The Kier molecular flexibility index (Phi) is 5.83. The van der Waals surface area contributed by atoms with Crippen LogP contribution in [-0.2, 0) is 9.59 Å². The Bertz CT molecular complexity index is 338. The summed E-state index contributed by atoms with van der Waals surface area (Å²) in [6, 6.07) is 0. The van der Waals surface area contributed by atoms with E-state index >= 15 is 0 Å². The fourth-order valence-electron chi connectivity index (χ4n) is 3.41. The number of carbonyl (C=O) groups excluding carboxylic acids is 2. The van der Waals surface area contributed by atoms with Crippen molar-refractivity contribution in [3.05, 3.63) is 0 Å². The number of carbonyl (C=O) groups is 2. The summed E-state index contributed by atoms with van der Waals surface area (Å²) in [5.74, 6) is 0.773. The van der Waals surface area contributed by atoms with Gasteiger partial charge in [0.1, 0.15) is 0 Å². The van der Waals surface area contributed by atoms with Crippen LogP contribution in [0.2, 0.25) is 0 Å². The summed E-state index contributed by atoms with van der Waals surface area (Å²) in [6.45, 7) is 2.55. The van der Waals surface area contributed by atoms with E-state index in [9.17, 15) is 9.59 Å². The Hall–Kier alpha value is -1.10. The summed E-state index contributed by atoms with van der Waals surface area (Å²) in [7, 11) is 0. The molecule has 2 fully saturated rings. The van der Waals surface area contributed by atoms with Crippen LogP contribution in [0.15, 0.2) is 0 Å². The largest absolute Gasteiger partial charge is 0.347 e. The monoisotopic (exact) mass is 281 g/mol. The Morgan fingerprint density at radius 1 is 1.15 bits per heavy atom. The maximum absolute atomic E-state index is 12.2. The molecule has 2 unspecified atom stereocenters. The first-order valence-corrected chi connectivity index (χ1v) is 7.96. The van der Waals surface area contributed by atoms with Gasteiger partial charge in [0.05, 0.1) is 6.54 Å². The third-order valence-corrected chi connectivity index (χ3v) is 4.60. The zero-order valence-electron chi connectivity index (χ0n) is 12.3. The van der Waals surface area contributed by atoms with Crippen LogP contribution >= 0.6 is 0 Å². The predicted molar refractivity (Wildman–Crippen MR) is 77.9 cm³/mol. The highest BCUT2D eigenvalue weighted by Crippen LogP contribution is 2.30. The number of hydrogen-bond donors (Lipinski definition) is 2. The number of nitrogens with two attached hydrogens (primary N) is 1. The van der Waals surface area contributed by atoms with E-state index in [0.29, 0.717) is 12.5 Å². The summed E-state index contributed by atoms with van der Waals surface area (Å²) in [4.78, 5) is 25.9. The maximum Gasteiger partial charge on any atom is 0.241 e. The van der Waals surface area contributed by atoms with Crippen molar-refractivity contribution in [3.63, 3.8) is 0 Å². The van der Waals surface area contributed by atoms with Gasteiger partial charge in [-0.1, -0.05) is 12.8 Å². The number of nitrogens with one attached hydrogen (secondary N) is 1. The molecule has 2 aliphatic rings. The average Bonchev–Trinajstić information content (AvgIpc) is 2.99. The molecule has 2 amide bonds. The van der Waals surface area contributed by atoms with Crippen LogP contribution in [-0.4, -0.2) is 42.9 Å². The quantitative estimate of drug-likeness (QED) is 0.785. The molecule has 1 saturated heterocycles. The smallest absolute Gasteiger partial charge is 0.241 e. The molecule has 0 bridgehead atoms. The van der Waals surface area contributed by atoms with Crippen LogP contribution in [0.4, 0.5) is 0 Å². The van der Waals surface area contributed by atoms with Crippen molar-refractivity contribution in [2.75, 3.05) is 26.2 Å².